The molecule has 0 spiro atoms. The van der Waals surface area contributed by atoms with E-state index in [4.69, 9.17) is 11.1 Å². The number of benzene rings is 1. The average Bonchev–Trinajstić information content (AvgIpc) is 2.07. The van der Waals surface area contributed by atoms with Gasteiger partial charge in [-0.15, -0.1) is 0 Å². The second-order valence-corrected chi connectivity index (χ2v) is 2.95. The Balaban J connectivity index is 0.000000671. The number of nitrogens with two attached hydrogens (primary N) is 1. The van der Waals surface area contributed by atoms with Gasteiger partial charge in [0.1, 0.15) is 11.7 Å². The summed E-state index contributed by atoms with van der Waals surface area (Å²) in [7, 11) is 0. The summed E-state index contributed by atoms with van der Waals surface area (Å²) in [6.07, 6.45) is 0. The molecule has 0 amide bonds. The van der Waals surface area contributed by atoms with Gasteiger partial charge in [-0.05, 0) is 18.2 Å². The summed E-state index contributed by atoms with van der Waals surface area (Å²) < 4.78 is 13.5. The minimum absolute atomic E-state index is 0.133. The molecule has 1 aromatic carbocycles. The van der Waals surface area contributed by atoms with E-state index in [2.05, 4.69) is 15.9 Å². The van der Waals surface area contributed by atoms with E-state index in [1.807, 2.05) is 13.8 Å². The van der Waals surface area contributed by atoms with Gasteiger partial charge in [0, 0.05) is 4.47 Å². The molecule has 2 nitrogen and oxygen atoms in total. The third-order valence-corrected chi connectivity index (χ3v) is 1.71. The first-order chi connectivity index (χ1) is 6.11. The van der Waals surface area contributed by atoms with Gasteiger partial charge in [-0.3, -0.25) is 5.41 Å². The highest BCUT2D eigenvalue weighted by Crippen LogP contribution is 2.14. The maximum atomic E-state index is 12.9. The van der Waals surface area contributed by atoms with E-state index in [9.17, 15) is 4.39 Å². The van der Waals surface area contributed by atoms with E-state index in [1.165, 1.54) is 12.1 Å². The van der Waals surface area contributed by atoms with Crippen LogP contribution < -0.4 is 5.73 Å². The molecule has 1 aromatic rings. The Kier molecular flexibility index (Phi) is 5.30. The first kappa shape index (κ1) is 12.1. The predicted molar refractivity (Wildman–Crippen MR) is 56.5 cm³/mol. The molecule has 0 aliphatic heterocycles. The fourth-order valence-electron chi connectivity index (χ4n) is 0.708. The van der Waals surface area contributed by atoms with Gasteiger partial charge < -0.3 is 5.73 Å². The van der Waals surface area contributed by atoms with Crippen LogP contribution in [0.5, 0.6) is 0 Å². The Labute approximate surface area is 85.6 Å². The molecule has 0 saturated heterocycles. The molecule has 0 saturated carbocycles. The van der Waals surface area contributed by atoms with Crippen LogP contribution in [0.15, 0.2) is 22.7 Å². The van der Waals surface area contributed by atoms with Gasteiger partial charge in [0.15, 0.2) is 0 Å². The van der Waals surface area contributed by atoms with Crippen LogP contribution in [0, 0.1) is 11.2 Å². The van der Waals surface area contributed by atoms with Crippen molar-refractivity contribution in [3.63, 3.8) is 0 Å². The fourth-order valence-corrected chi connectivity index (χ4v) is 1.04. The number of hydrogen-bond donors (Lipinski definition) is 2. The lowest BCUT2D eigenvalue weighted by Crippen LogP contribution is -2.12. The highest BCUT2D eigenvalue weighted by atomic mass is 79.9. The van der Waals surface area contributed by atoms with Crippen LogP contribution >= 0.6 is 15.9 Å². The van der Waals surface area contributed by atoms with Crippen molar-refractivity contribution in [1.82, 2.24) is 0 Å². The van der Waals surface area contributed by atoms with Gasteiger partial charge in [0.25, 0.3) is 0 Å². The molecular formula is C9H12BrFN2. The number of nitrogen functional groups attached to an aromatic ring is 1. The van der Waals surface area contributed by atoms with E-state index in [0.717, 1.165) is 0 Å². The van der Waals surface area contributed by atoms with Crippen molar-refractivity contribution in [2.45, 2.75) is 13.8 Å². The molecule has 0 aliphatic rings. The molecule has 0 heterocycles. The van der Waals surface area contributed by atoms with Crippen molar-refractivity contribution in [2.24, 2.45) is 5.73 Å². The monoisotopic (exact) mass is 246 g/mol. The Morgan fingerprint density at radius 1 is 1.46 bits per heavy atom. The first-order valence-corrected chi connectivity index (χ1v) is 4.70. The van der Waals surface area contributed by atoms with Crippen LogP contribution in [0.4, 0.5) is 4.39 Å². The van der Waals surface area contributed by atoms with Gasteiger partial charge in [0.05, 0.1) is 5.56 Å². The van der Waals surface area contributed by atoms with E-state index < -0.39 is 5.82 Å². The number of halogens is 2. The smallest absolute Gasteiger partial charge is 0.135 e. The molecule has 0 fully saturated rings. The lowest BCUT2D eigenvalue weighted by atomic mass is 10.2. The van der Waals surface area contributed by atoms with Gasteiger partial charge in [-0.25, -0.2) is 4.39 Å². The SMILES string of the molecule is CC.N=C(N)c1ccc(Br)cc1F. The molecule has 1 rings (SSSR count). The third-order valence-electron chi connectivity index (χ3n) is 1.22. The lowest BCUT2D eigenvalue weighted by Gasteiger charge is -1.99. The van der Waals surface area contributed by atoms with Gasteiger partial charge >= 0.3 is 0 Å². The molecule has 13 heavy (non-hydrogen) atoms. The van der Waals surface area contributed by atoms with Crippen molar-refractivity contribution >= 4 is 21.8 Å². The summed E-state index contributed by atoms with van der Waals surface area (Å²) in [5.41, 5.74) is 5.23. The van der Waals surface area contributed by atoms with E-state index in [0.29, 0.717) is 4.47 Å². The van der Waals surface area contributed by atoms with E-state index in [-0.39, 0.29) is 11.4 Å². The molecule has 72 valence electrons. The second kappa shape index (κ2) is 5.70. The zero-order valence-electron chi connectivity index (χ0n) is 7.57. The second-order valence-electron chi connectivity index (χ2n) is 2.04. The molecule has 3 N–H and O–H groups in total. The molecule has 0 aliphatic carbocycles. The lowest BCUT2D eigenvalue weighted by molar-refractivity contribution is 0.624. The minimum atomic E-state index is -0.480. The molecule has 0 atom stereocenters. The molecule has 0 radical (unpaired) electrons. The van der Waals surface area contributed by atoms with Crippen LogP contribution in [-0.2, 0) is 0 Å². The van der Waals surface area contributed by atoms with Crippen LogP contribution in [0.25, 0.3) is 0 Å². The summed E-state index contributed by atoms with van der Waals surface area (Å²) in [4.78, 5) is 0. The van der Waals surface area contributed by atoms with E-state index in [1.54, 1.807) is 6.07 Å². The summed E-state index contributed by atoms with van der Waals surface area (Å²) in [6.45, 7) is 4.00. The molecule has 0 unspecified atom stereocenters. The summed E-state index contributed by atoms with van der Waals surface area (Å²) in [5, 5.41) is 6.97. The fraction of sp³-hybridized carbons (Fsp3) is 0.222. The molecule has 0 bridgehead atoms. The summed E-state index contributed by atoms with van der Waals surface area (Å²) >= 11 is 3.09. The molecule has 4 heteroatoms. The van der Waals surface area contributed by atoms with Crippen molar-refractivity contribution in [3.8, 4) is 0 Å². The Morgan fingerprint density at radius 2 is 2.00 bits per heavy atom. The van der Waals surface area contributed by atoms with E-state index >= 15 is 0 Å². The quantitative estimate of drug-likeness (QED) is 0.581. The van der Waals surface area contributed by atoms with Crippen molar-refractivity contribution in [3.05, 3.63) is 34.1 Å². The summed E-state index contributed by atoms with van der Waals surface area (Å²) in [5.74, 6) is -0.734. The largest absolute Gasteiger partial charge is 0.384 e. The average molecular weight is 247 g/mol. The third kappa shape index (κ3) is 3.55. The van der Waals surface area contributed by atoms with Gasteiger partial charge in [-0.2, -0.15) is 0 Å². The zero-order valence-corrected chi connectivity index (χ0v) is 9.15. The van der Waals surface area contributed by atoms with Crippen molar-refractivity contribution in [1.29, 1.82) is 5.41 Å². The van der Waals surface area contributed by atoms with Crippen LogP contribution in [0.1, 0.15) is 19.4 Å². The Morgan fingerprint density at radius 3 is 2.38 bits per heavy atom. The number of rotatable bonds is 1. The highest BCUT2D eigenvalue weighted by molar-refractivity contribution is 9.10. The molecular weight excluding hydrogens is 235 g/mol. The topological polar surface area (TPSA) is 49.9 Å². The van der Waals surface area contributed by atoms with Gasteiger partial charge in [0.2, 0.25) is 0 Å². The predicted octanol–water partition coefficient (Wildman–Crippen LogP) is 2.90. The van der Waals surface area contributed by atoms with Crippen LogP contribution in [-0.4, -0.2) is 5.84 Å². The first-order valence-electron chi connectivity index (χ1n) is 3.90. The Hall–Kier alpha value is -0.900. The summed E-state index contributed by atoms with van der Waals surface area (Å²) in [6, 6.07) is 4.37. The van der Waals surface area contributed by atoms with Crippen LogP contribution in [0.2, 0.25) is 0 Å². The van der Waals surface area contributed by atoms with Crippen molar-refractivity contribution in [2.75, 3.05) is 0 Å². The number of hydrogen-bond acceptors (Lipinski definition) is 1. The molecule has 0 aromatic heterocycles. The van der Waals surface area contributed by atoms with Crippen LogP contribution in [0.3, 0.4) is 0 Å². The van der Waals surface area contributed by atoms with Gasteiger partial charge in [-0.1, -0.05) is 29.8 Å². The Bertz CT molecular complexity index is 300. The number of amidine groups is 1. The normalized spacial score (nSPS) is 8.62. The highest BCUT2D eigenvalue weighted by Gasteiger charge is 2.03. The zero-order chi connectivity index (χ0) is 10.4. The maximum absolute atomic E-state index is 12.9. The minimum Gasteiger partial charge on any atom is -0.384 e. The standard InChI is InChI=1S/C7H6BrFN2.C2H6/c8-4-1-2-5(7(10)11)6(9)3-4;1-2/h1-3H,(H3,10,11);1-2H3. The maximum Gasteiger partial charge on any atom is 0.135 e. The number of nitrogens with one attached hydrogen (secondary N) is 1. The van der Waals surface area contributed by atoms with Crippen molar-refractivity contribution < 1.29 is 4.39 Å².